The molecule has 3 atom stereocenters. The van der Waals surface area contributed by atoms with Crippen molar-refractivity contribution in [3.8, 4) is 0 Å². The van der Waals surface area contributed by atoms with Crippen LogP contribution in [0.2, 0.25) is 0 Å². The predicted octanol–water partition coefficient (Wildman–Crippen LogP) is -1.55. The third kappa shape index (κ3) is 1.40. The zero-order chi connectivity index (χ0) is 6.85. The molecule has 4 heteroatoms. The summed E-state index contributed by atoms with van der Waals surface area (Å²) >= 11 is 0. The Labute approximate surface area is 52.7 Å². The topological polar surface area (TPSA) is 69.9 Å². The van der Waals surface area contributed by atoms with Gasteiger partial charge in [0.05, 0.1) is 12.7 Å². The Bertz CT molecular complexity index is 95.0. The van der Waals surface area contributed by atoms with Crippen LogP contribution in [-0.4, -0.2) is 40.4 Å². The Hall–Kier alpha value is -0.160. The van der Waals surface area contributed by atoms with E-state index in [9.17, 15) is 0 Å². The number of hydrogen-bond donors (Lipinski definition) is 3. The largest absolute Gasteiger partial charge is 0.394 e. The average Bonchev–Trinajstić information content (AvgIpc) is 2.10. The molecule has 54 valence electrons. The van der Waals surface area contributed by atoms with Gasteiger partial charge in [0.2, 0.25) is 0 Å². The maximum Gasteiger partial charge on any atom is 0.157 e. The van der Waals surface area contributed by atoms with Gasteiger partial charge in [-0.15, -0.1) is 0 Å². The van der Waals surface area contributed by atoms with E-state index in [1.807, 2.05) is 0 Å². The molecular weight excluding hydrogens is 124 g/mol. The smallest absolute Gasteiger partial charge is 0.157 e. The van der Waals surface area contributed by atoms with Crippen molar-refractivity contribution in [1.82, 2.24) is 0 Å². The van der Waals surface area contributed by atoms with E-state index in [2.05, 4.69) is 4.74 Å². The first-order valence-corrected chi connectivity index (χ1v) is 2.86. The van der Waals surface area contributed by atoms with Crippen LogP contribution in [0.3, 0.4) is 0 Å². The van der Waals surface area contributed by atoms with Gasteiger partial charge in [0.15, 0.2) is 6.29 Å². The van der Waals surface area contributed by atoms with Crippen LogP contribution >= 0.6 is 0 Å². The van der Waals surface area contributed by atoms with Crippen LogP contribution in [-0.2, 0) is 4.74 Å². The Morgan fingerprint density at radius 2 is 2.11 bits per heavy atom. The fourth-order valence-electron chi connectivity index (χ4n) is 0.871. The summed E-state index contributed by atoms with van der Waals surface area (Å²) in [6, 6.07) is 0. The third-order valence-electron chi connectivity index (χ3n) is 1.38. The Morgan fingerprint density at radius 3 is 2.33 bits per heavy atom. The lowest BCUT2D eigenvalue weighted by Crippen LogP contribution is -2.24. The zero-order valence-corrected chi connectivity index (χ0v) is 4.90. The predicted molar refractivity (Wildman–Crippen MR) is 28.6 cm³/mol. The lowest BCUT2D eigenvalue weighted by molar-refractivity contribution is -0.107. The Kier molecular flexibility index (Phi) is 2.02. The molecular formula is C5H10O4. The number of aliphatic hydroxyl groups is 3. The quantitative estimate of drug-likeness (QED) is 0.406. The van der Waals surface area contributed by atoms with Crippen LogP contribution < -0.4 is 0 Å². The van der Waals surface area contributed by atoms with Gasteiger partial charge in [0, 0.05) is 6.42 Å². The Morgan fingerprint density at radius 1 is 1.44 bits per heavy atom. The van der Waals surface area contributed by atoms with Gasteiger partial charge in [-0.05, 0) is 0 Å². The summed E-state index contributed by atoms with van der Waals surface area (Å²) in [6.07, 6.45) is -2.02. The summed E-state index contributed by atoms with van der Waals surface area (Å²) in [6.45, 7) is -0.238. The minimum atomic E-state index is -0.905. The van der Waals surface area contributed by atoms with Gasteiger partial charge in [-0.3, -0.25) is 0 Å². The number of hydrogen-bond acceptors (Lipinski definition) is 4. The second kappa shape index (κ2) is 2.62. The summed E-state index contributed by atoms with van der Waals surface area (Å²) in [5, 5.41) is 26.1. The standard InChI is InChI=1S/C5H10O4/c6-2-4-3(7)1-5(8)9-4/h3-8H,1-2H2/t3?,4-,5?/m1/s1. The number of aliphatic hydroxyl groups excluding tert-OH is 3. The van der Waals surface area contributed by atoms with Crippen molar-refractivity contribution in [3.05, 3.63) is 0 Å². The maximum absolute atomic E-state index is 8.91. The fraction of sp³-hybridized carbons (Fsp3) is 1.00. The molecule has 0 saturated carbocycles. The molecule has 4 nitrogen and oxygen atoms in total. The molecule has 0 aromatic heterocycles. The molecule has 1 heterocycles. The molecule has 0 aromatic carbocycles. The van der Waals surface area contributed by atoms with E-state index in [-0.39, 0.29) is 13.0 Å². The highest BCUT2D eigenvalue weighted by Crippen LogP contribution is 2.17. The summed E-state index contributed by atoms with van der Waals surface area (Å²) in [4.78, 5) is 0. The van der Waals surface area contributed by atoms with Crippen LogP contribution in [0.4, 0.5) is 0 Å². The first-order chi connectivity index (χ1) is 4.24. The van der Waals surface area contributed by atoms with E-state index in [0.29, 0.717) is 0 Å². The van der Waals surface area contributed by atoms with Gasteiger partial charge in [-0.2, -0.15) is 0 Å². The van der Waals surface area contributed by atoms with E-state index in [4.69, 9.17) is 15.3 Å². The van der Waals surface area contributed by atoms with Crippen LogP contribution in [0.25, 0.3) is 0 Å². The summed E-state index contributed by atoms with van der Waals surface area (Å²) < 4.78 is 4.68. The molecule has 3 N–H and O–H groups in total. The molecule has 2 unspecified atom stereocenters. The van der Waals surface area contributed by atoms with Gasteiger partial charge in [-0.1, -0.05) is 0 Å². The Balaban J connectivity index is 2.38. The monoisotopic (exact) mass is 134 g/mol. The van der Waals surface area contributed by atoms with Gasteiger partial charge in [-0.25, -0.2) is 0 Å². The average molecular weight is 134 g/mol. The molecule has 0 radical (unpaired) electrons. The first-order valence-electron chi connectivity index (χ1n) is 2.86. The van der Waals surface area contributed by atoms with E-state index < -0.39 is 18.5 Å². The molecule has 0 bridgehead atoms. The van der Waals surface area contributed by atoms with E-state index in [1.165, 1.54) is 0 Å². The molecule has 1 aliphatic heterocycles. The van der Waals surface area contributed by atoms with Crippen molar-refractivity contribution < 1.29 is 20.1 Å². The van der Waals surface area contributed by atoms with E-state index in [0.717, 1.165) is 0 Å². The highest BCUT2D eigenvalue weighted by molar-refractivity contribution is 4.75. The lowest BCUT2D eigenvalue weighted by atomic mass is 10.2. The molecule has 1 aliphatic rings. The lowest BCUT2D eigenvalue weighted by Gasteiger charge is -2.08. The number of rotatable bonds is 1. The van der Waals surface area contributed by atoms with Crippen molar-refractivity contribution in [2.24, 2.45) is 0 Å². The zero-order valence-electron chi connectivity index (χ0n) is 4.90. The highest BCUT2D eigenvalue weighted by atomic mass is 16.6. The molecule has 0 spiro atoms. The molecule has 0 aliphatic carbocycles. The van der Waals surface area contributed by atoms with Crippen LogP contribution in [0.15, 0.2) is 0 Å². The van der Waals surface area contributed by atoms with Crippen molar-refractivity contribution in [2.75, 3.05) is 6.61 Å². The summed E-state index contributed by atoms with van der Waals surface area (Å²) in [7, 11) is 0. The van der Waals surface area contributed by atoms with Gasteiger partial charge in [0.25, 0.3) is 0 Å². The fourth-order valence-corrected chi connectivity index (χ4v) is 0.871. The van der Waals surface area contributed by atoms with Crippen LogP contribution in [0.5, 0.6) is 0 Å². The first kappa shape index (κ1) is 6.95. The van der Waals surface area contributed by atoms with Crippen molar-refractivity contribution in [2.45, 2.75) is 24.9 Å². The minimum absolute atomic E-state index is 0.200. The second-order valence-corrected chi connectivity index (χ2v) is 2.11. The SMILES string of the molecule is OC[C@H]1OC(O)CC1O. The van der Waals surface area contributed by atoms with Crippen molar-refractivity contribution in [1.29, 1.82) is 0 Å². The maximum atomic E-state index is 8.91. The molecule has 1 saturated heterocycles. The molecule has 0 amide bonds. The van der Waals surface area contributed by atoms with Gasteiger partial charge in [0.1, 0.15) is 6.10 Å². The summed E-state index contributed by atoms with van der Waals surface area (Å²) in [5.74, 6) is 0. The van der Waals surface area contributed by atoms with Crippen molar-refractivity contribution in [3.63, 3.8) is 0 Å². The van der Waals surface area contributed by atoms with E-state index >= 15 is 0 Å². The molecule has 0 aromatic rings. The van der Waals surface area contributed by atoms with Gasteiger partial charge >= 0.3 is 0 Å². The summed E-state index contributed by atoms with van der Waals surface area (Å²) in [5.41, 5.74) is 0. The van der Waals surface area contributed by atoms with Crippen LogP contribution in [0, 0.1) is 0 Å². The molecule has 9 heavy (non-hydrogen) atoms. The van der Waals surface area contributed by atoms with E-state index in [1.54, 1.807) is 0 Å². The normalized spacial score (nSPS) is 43.7. The molecule has 1 rings (SSSR count). The molecule has 1 fully saturated rings. The third-order valence-corrected chi connectivity index (χ3v) is 1.38. The van der Waals surface area contributed by atoms with Gasteiger partial charge < -0.3 is 20.1 Å². The highest BCUT2D eigenvalue weighted by Gasteiger charge is 2.31. The second-order valence-electron chi connectivity index (χ2n) is 2.11. The van der Waals surface area contributed by atoms with Crippen molar-refractivity contribution >= 4 is 0 Å². The van der Waals surface area contributed by atoms with Crippen LogP contribution in [0.1, 0.15) is 6.42 Å². The minimum Gasteiger partial charge on any atom is -0.394 e. The number of ether oxygens (including phenoxy) is 1.